The van der Waals surface area contributed by atoms with Gasteiger partial charge >= 0.3 is 0 Å². The molecule has 2 rings (SSSR count). The molecule has 0 atom stereocenters. The summed E-state index contributed by atoms with van der Waals surface area (Å²) in [7, 11) is 0. The van der Waals surface area contributed by atoms with E-state index in [4.69, 9.17) is 10.3 Å². The number of nitrogens with zero attached hydrogens (tertiary/aromatic N) is 1. The molecule has 3 nitrogen and oxygen atoms in total. The Morgan fingerprint density at radius 2 is 1.76 bits per heavy atom. The molecular formula is C14H24N2O. The van der Waals surface area contributed by atoms with Gasteiger partial charge in [-0.1, -0.05) is 46.7 Å². The van der Waals surface area contributed by atoms with Crippen LogP contribution in [0.5, 0.6) is 0 Å². The zero-order chi connectivity index (χ0) is 13.0. The zero-order valence-corrected chi connectivity index (χ0v) is 11.8. The standard InChI is InChI=1S/C14H24N2O/c1-8(2)7-9-10(16-17-12(9)15)11-13(3,4)14(11,5)6/h8,11H,7,15H2,1-6H3. The Morgan fingerprint density at radius 3 is 2.18 bits per heavy atom. The molecule has 1 aliphatic carbocycles. The molecule has 17 heavy (non-hydrogen) atoms. The first kappa shape index (κ1) is 12.5. The molecule has 0 aliphatic heterocycles. The van der Waals surface area contributed by atoms with Crippen LogP contribution >= 0.6 is 0 Å². The van der Waals surface area contributed by atoms with E-state index in [1.165, 1.54) is 0 Å². The minimum absolute atomic E-state index is 0.280. The summed E-state index contributed by atoms with van der Waals surface area (Å²) in [6.45, 7) is 13.6. The van der Waals surface area contributed by atoms with E-state index >= 15 is 0 Å². The van der Waals surface area contributed by atoms with Crippen LogP contribution in [-0.2, 0) is 6.42 Å². The molecule has 0 unspecified atom stereocenters. The molecular weight excluding hydrogens is 212 g/mol. The molecule has 1 aromatic heterocycles. The van der Waals surface area contributed by atoms with E-state index in [1.807, 2.05) is 0 Å². The van der Waals surface area contributed by atoms with Crippen LogP contribution in [0.25, 0.3) is 0 Å². The fraction of sp³-hybridized carbons (Fsp3) is 0.786. The summed E-state index contributed by atoms with van der Waals surface area (Å²) in [4.78, 5) is 0. The van der Waals surface area contributed by atoms with Crippen molar-refractivity contribution in [3.8, 4) is 0 Å². The normalized spacial score (nSPS) is 22.1. The molecule has 0 bridgehead atoms. The number of anilines is 1. The SMILES string of the molecule is CC(C)Cc1c(C2C(C)(C)C2(C)C)noc1N. The Bertz CT molecular complexity index is 415. The molecule has 0 spiro atoms. The van der Waals surface area contributed by atoms with E-state index in [0.717, 1.165) is 17.7 Å². The van der Waals surface area contributed by atoms with E-state index in [-0.39, 0.29) is 10.8 Å². The molecule has 1 aliphatic rings. The van der Waals surface area contributed by atoms with E-state index in [1.54, 1.807) is 0 Å². The van der Waals surface area contributed by atoms with Crippen LogP contribution in [0, 0.1) is 16.7 Å². The third kappa shape index (κ3) is 1.67. The van der Waals surface area contributed by atoms with Crippen molar-refractivity contribution in [2.75, 3.05) is 5.73 Å². The van der Waals surface area contributed by atoms with Crippen LogP contribution in [0.1, 0.15) is 58.7 Å². The van der Waals surface area contributed by atoms with Gasteiger partial charge in [0.2, 0.25) is 5.88 Å². The van der Waals surface area contributed by atoms with Crippen molar-refractivity contribution in [1.82, 2.24) is 5.16 Å². The third-order valence-electron chi connectivity index (χ3n) is 4.76. The summed E-state index contributed by atoms with van der Waals surface area (Å²) in [6, 6.07) is 0. The van der Waals surface area contributed by atoms with Crippen LogP contribution in [0.2, 0.25) is 0 Å². The fourth-order valence-corrected chi connectivity index (χ4v) is 3.06. The zero-order valence-electron chi connectivity index (χ0n) is 11.8. The molecule has 1 heterocycles. The number of aromatic nitrogens is 1. The van der Waals surface area contributed by atoms with Crippen LogP contribution in [-0.4, -0.2) is 5.16 Å². The van der Waals surface area contributed by atoms with Crippen LogP contribution in [0.3, 0.4) is 0 Å². The van der Waals surface area contributed by atoms with Crippen LogP contribution in [0.15, 0.2) is 4.52 Å². The van der Waals surface area contributed by atoms with Gasteiger partial charge in [-0.05, 0) is 23.2 Å². The van der Waals surface area contributed by atoms with E-state index in [9.17, 15) is 0 Å². The van der Waals surface area contributed by atoms with Gasteiger partial charge in [-0.2, -0.15) is 0 Å². The summed E-state index contributed by atoms with van der Waals surface area (Å²) in [5.74, 6) is 1.54. The van der Waals surface area contributed by atoms with Crippen LogP contribution in [0.4, 0.5) is 5.88 Å². The lowest BCUT2D eigenvalue weighted by Gasteiger charge is -2.06. The van der Waals surface area contributed by atoms with Crippen molar-refractivity contribution >= 4 is 5.88 Å². The predicted octanol–water partition coefficient (Wildman–Crippen LogP) is 3.60. The summed E-state index contributed by atoms with van der Waals surface area (Å²) in [5.41, 5.74) is 8.68. The van der Waals surface area contributed by atoms with Crippen molar-refractivity contribution in [2.24, 2.45) is 16.7 Å². The van der Waals surface area contributed by atoms with Crippen molar-refractivity contribution in [1.29, 1.82) is 0 Å². The number of hydrogen-bond donors (Lipinski definition) is 1. The van der Waals surface area contributed by atoms with Gasteiger partial charge in [0.25, 0.3) is 0 Å². The monoisotopic (exact) mass is 236 g/mol. The van der Waals surface area contributed by atoms with Gasteiger partial charge in [0.15, 0.2) is 0 Å². The highest BCUT2D eigenvalue weighted by Gasteiger charge is 2.66. The Balaban J connectivity index is 2.36. The second-order valence-electron chi connectivity index (χ2n) is 6.88. The molecule has 3 heteroatoms. The molecule has 2 N–H and O–H groups in total. The average molecular weight is 236 g/mol. The van der Waals surface area contributed by atoms with Gasteiger partial charge in [0.1, 0.15) is 0 Å². The number of hydrogen-bond acceptors (Lipinski definition) is 3. The Labute approximate surface area is 104 Å². The Kier molecular flexibility index (Phi) is 2.57. The first-order valence-corrected chi connectivity index (χ1v) is 6.43. The maximum Gasteiger partial charge on any atom is 0.225 e. The minimum Gasteiger partial charge on any atom is -0.367 e. The van der Waals surface area contributed by atoms with Crippen molar-refractivity contribution in [2.45, 2.75) is 53.9 Å². The highest BCUT2D eigenvalue weighted by Crippen LogP contribution is 2.73. The Hall–Kier alpha value is -0.990. The summed E-state index contributed by atoms with van der Waals surface area (Å²) >= 11 is 0. The molecule has 1 aromatic rings. The fourth-order valence-electron chi connectivity index (χ4n) is 3.06. The molecule has 1 saturated carbocycles. The van der Waals surface area contributed by atoms with Gasteiger partial charge in [0, 0.05) is 11.5 Å². The third-order valence-corrected chi connectivity index (χ3v) is 4.76. The Morgan fingerprint density at radius 1 is 1.24 bits per heavy atom. The van der Waals surface area contributed by atoms with Crippen molar-refractivity contribution < 1.29 is 4.52 Å². The average Bonchev–Trinajstić information content (AvgIpc) is 2.46. The minimum atomic E-state index is 0.280. The lowest BCUT2D eigenvalue weighted by Crippen LogP contribution is -2.01. The summed E-state index contributed by atoms with van der Waals surface area (Å²) in [5, 5.41) is 4.22. The largest absolute Gasteiger partial charge is 0.367 e. The number of nitrogens with two attached hydrogens (primary N) is 1. The van der Waals surface area contributed by atoms with E-state index in [2.05, 4.69) is 46.7 Å². The molecule has 1 fully saturated rings. The van der Waals surface area contributed by atoms with Gasteiger partial charge < -0.3 is 10.3 Å². The molecule has 0 saturated heterocycles. The first-order valence-electron chi connectivity index (χ1n) is 6.43. The lowest BCUT2D eigenvalue weighted by molar-refractivity contribution is 0.423. The lowest BCUT2D eigenvalue weighted by atomic mass is 9.98. The highest BCUT2D eigenvalue weighted by molar-refractivity contribution is 5.45. The van der Waals surface area contributed by atoms with Gasteiger partial charge in [-0.3, -0.25) is 0 Å². The maximum atomic E-state index is 5.90. The smallest absolute Gasteiger partial charge is 0.225 e. The van der Waals surface area contributed by atoms with E-state index in [0.29, 0.717) is 17.7 Å². The number of nitrogen functional groups attached to an aromatic ring is 1. The molecule has 96 valence electrons. The quantitative estimate of drug-likeness (QED) is 0.872. The highest BCUT2D eigenvalue weighted by atomic mass is 16.5. The molecule has 0 aromatic carbocycles. The maximum absolute atomic E-state index is 5.90. The number of rotatable bonds is 3. The van der Waals surface area contributed by atoms with Gasteiger partial charge in [-0.25, -0.2) is 0 Å². The second-order valence-corrected chi connectivity index (χ2v) is 6.88. The topological polar surface area (TPSA) is 52.0 Å². The van der Waals surface area contributed by atoms with Crippen LogP contribution < -0.4 is 5.73 Å². The summed E-state index contributed by atoms with van der Waals surface area (Å²) < 4.78 is 5.21. The van der Waals surface area contributed by atoms with Gasteiger partial charge in [0.05, 0.1) is 5.69 Å². The van der Waals surface area contributed by atoms with E-state index < -0.39 is 0 Å². The first-order chi connectivity index (χ1) is 7.69. The predicted molar refractivity (Wildman–Crippen MR) is 69.8 cm³/mol. The molecule has 0 amide bonds. The summed E-state index contributed by atoms with van der Waals surface area (Å²) in [6.07, 6.45) is 0.952. The van der Waals surface area contributed by atoms with Crippen molar-refractivity contribution in [3.63, 3.8) is 0 Å². The van der Waals surface area contributed by atoms with Gasteiger partial charge in [-0.15, -0.1) is 0 Å². The second kappa shape index (κ2) is 3.50. The molecule has 0 radical (unpaired) electrons. The van der Waals surface area contributed by atoms with Crippen molar-refractivity contribution in [3.05, 3.63) is 11.3 Å².